The molecule has 0 spiro atoms. The molecule has 2 aliphatic rings. The molecule has 0 radical (unpaired) electrons. The van der Waals surface area contributed by atoms with Crippen LogP contribution in [0.1, 0.15) is 0 Å². The molecule has 9 atom stereocenters. The third kappa shape index (κ3) is 3.50. The lowest BCUT2D eigenvalue weighted by molar-refractivity contribution is -0.310. The Bertz CT molecular complexity index is 393. The van der Waals surface area contributed by atoms with E-state index >= 15 is 0 Å². The Morgan fingerprint density at radius 3 is 2.04 bits per heavy atom. The van der Waals surface area contributed by atoms with Gasteiger partial charge in [-0.2, -0.15) is 0 Å². The predicted octanol–water partition coefficient (Wildman–Crippen LogP) is -5.40. The van der Waals surface area contributed by atoms with Crippen LogP contribution >= 0.6 is 0 Å². The largest absolute Gasteiger partial charge is 0.394 e. The Morgan fingerprint density at radius 2 is 1.52 bits per heavy atom. The number of aliphatic hydroxyl groups is 8. The quantitative estimate of drug-likeness (QED) is 0.238. The van der Waals surface area contributed by atoms with E-state index in [1.807, 2.05) is 0 Å². The number of hydrogen-bond donors (Lipinski definition) is 8. The van der Waals surface area contributed by atoms with Gasteiger partial charge in [0, 0.05) is 0 Å². The van der Waals surface area contributed by atoms with Crippen LogP contribution in [0.3, 0.4) is 0 Å². The van der Waals surface area contributed by atoms with Gasteiger partial charge in [0.05, 0.1) is 19.8 Å². The molecule has 2 heterocycles. The third-order valence-electron chi connectivity index (χ3n) is 4.02. The van der Waals surface area contributed by atoms with E-state index in [2.05, 4.69) is 0 Å². The Hall–Kier alpha value is -0.440. The number of rotatable bonds is 5. The molecule has 8 N–H and O–H groups in total. The molecular weight excluding hydrogens is 320 g/mol. The Kier molecular flexibility index (Phi) is 5.92. The van der Waals surface area contributed by atoms with Gasteiger partial charge in [-0.05, 0) is 0 Å². The Labute approximate surface area is 130 Å². The lowest BCUT2D eigenvalue weighted by Gasteiger charge is -2.39. The molecule has 0 aromatic carbocycles. The maximum Gasteiger partial charge on any atom is 0.219 e. The molecule has 0 aromatic rings. The van der Waals surface area contributed by atoms with E-state index in [0.29, 0.717) is 0 Å². The zero-order valence-corrected chi connectivity index (χ0v) is 12.0. The van der Waals surface area contributed by atoms with E-state index in [9.17, 15) is 30.6 Å². The minimum atomic E-state index is -2.34. The van der Waals surface area contributed by atoms with E-state index < -0.39 is 74.6 Å². The van der Waals surface area contributed by atoms with Crippen molar-refractivity contribution >= 4 is 0 Å². The average Bonchev–Trinajstić information content (AvgIpc) is 2.77. The van der Waals surface area contributed by atoms with Crippen LogP contribution in [-0.4, -0.2) is 115 Å². The van der Waals surface area contributed by atoms with Crippen LogP contribution in [0.2, 0.25) is 0 Å². The van der Waals surface area contributed by atoms with Gasteiger partial charge < -0.3 is 55.1 Å². The topological polar surface area (TPSA) is 190 Å². The zero-order valence-electron chi connectivity index (χ0n) is 12.0. The van der Waals surface area contributed by atoms with Gasteiger partial charge in [0.2, 0.25) is 5.79 Å². The third-order valence-corrected chi connectivity index (χ3v) is 4.02. The van der Waals surface area contributed by atoms with Gasteiger partial charge in [-0.15, -0.1) is 0 Å². The highest BCUT2D eigenvalue weighted by Crippen LogP contribution is 2.30. The first kappa shape index (κ1) is 18.9. The summed E-state index contributed by atoms with van der Waals surface area (Å²) in [5.41, 5.74) is 0. The summed E-state index contributed by atoms with van der Waals surface area (Å²) >= 11 is 0. The Morgan fingerprint density at radius 1 is 0.870 bits per heavy atom. The van der Waals surface area contributed by atoms with Gasteiger partial charge in [-0.1, -0.05) is 0 Å². The summed E-state index contributed by atoms with van der Waals surface area (Å²) in [4.78, 5) is 0. The van der Waals surface area contributed by atoms with Crippen molar-refractivity contribution in [2.45, 2.75) is 54.8 Å². The maximum absolute atomic E-state index is 9.78. The first-order chi connectivity index (χ1) is 10.7. The van der Waals surface area contributed by atoms with Gasteiger partial charge >= 0.3 is 0 Å². The fourth-order valence-electron chi connectivity index (χ4n) is 2.53. The van der Waals surface area contributed by atoms with Gasteiger partial charge in [-0.3, -0.25) is 0 Å². The minimum absolute atomic E-state index is 0.469. The zero-order chi connectivity index (χ0) is 17.4. The van der Waals surface area contributed by atoms with Crippen molar-refractivity contribution in [2.75, 3.05) is 19.8 Å². The first-order valence-corrected chi connectivity index (χ1v) is 7.04. The smallest absolute Gasteiger partial charge is 0.219 e. The molecule has 23 heavy (non-hydrogen) atoms. The number of aliphatic hydroxyl groups excluding tert-OH is 7. The van der Waals surface area contributed by atoms with Crippen molar-refractivity contribution in [1.29, 1.82) is 0 Å². The van der Waals surface area contributed by atoms with E-state index in [0.717, 1.165) is 0 Å². The molecule has 136 valence electrons. The van der Waals surface area contributed by atoms with Gasteiger partial charge in [0.15, 0.2) is 6.29 Å². The summed E-state index contributed by atoms with van der Waals surface area (Å²) in [6.07, 6.45) is -12.0. The summed E-state index contributed by atoms with van der Waals surface area (Å²) in [5.74, 6) is -2.34. The van der Waals surface area contributed by atoms with E-state index in [1.54, 1.807) is 0 Å². The van der Waals surface area contributed by atoms with E-state index in [4.69, 9.17) is 24.4 Å². The summed E-state index contributed by atoms with van der Waals surface area (Å²) in [6.45, 7) is -2.05. The molecule has 2 rings (SSSR count). The van der Waals surface area contributed by atoms with Crippen LogP contribution in [-0.2, 0) is 14.2 Å². The molecule has 2 unspecified atom stereocenters. The molecule has 2 saturated heterocycles. The van der Waals surface area contributed by atoms with Gasteiger partial charge in [0.25, 0.3) is 0 Å². The molecule has 2 aliphatic heterocycles. The second-order valence-electron chi connectivity index (χ2n) is 5.63. The van der Waals surface area contributed by atoms with E-state index in [1.165, 1.54) is 0 Å². The fourth-order valence-corrected chi connectivity index (χ4v) is 2.53. The van der Waals surface area contributed by atoms with Gasteiger partial charge in [0.1, 0.15) is 42.7 Å². The second-order valence-corrected chi connectivity index (χ2v) is 5.63. The monoisotopic (exact) mass is 342 g/mol. The molecule has 0 aliphatic carbocycles. The first-order valence-electron chi connectivity index (χ1n) is 7.04. The maximum atomic E-state index is 9.78. The van der Waals surface area contributed by atoms with E-state index in [-0.39, 0.29) is 0 Å². The van der Waals surface area contributed by atoms with Crippen molar-refractivity contribution in [3.8, 4) is 0 Å². The molecule has 0 aromatic heterocycles. The van der Waals surface area contributed by atoms with Crippen molar-refractivity contribution < 1.29 is 55.1 Å². The van der Waals surface area contributed by atoms with Crippen LogP contribution in [0.15, 0.2) is 0 Å². The summed E-state index contributed by atoms with van der Waals surface area (Å²) < 4.78 is 15.2. The average molecular weight is 342 g/mol. The summed E-state index contributed by atoms with van der Waals surface area (Å²) in [5, 5.41) is 76.1. The van der Waals surface area contributed by atoms with Crippen LogP contribution in [0.5, 0.6) is 0 Å². The molecule has 0 saturated carbocycles. The lowest BCUT2D eigenvalue weighted by atomic mass is 9.99. The SMILES string of the molecule is OCC1O[C@H](OC[C@H]2O[C@](O)(CO)[C@@H](O)[C@H]2O)C(O)[C@@H](O)[C@@H]1O. The van der Waals surface area contributed by atoms with Crippen molar-refractivity contribution in [1.82, 2.24) is 0 Å². The normalized spacial score (nSPS) is 51.1. The molecule has 0 amide bonds. The molecule has 2 fully saturated rings. The molecular formula is C12H22O11. The second kappa shape index (κ2) is 7.21. The predicted molar refractivity (Wildman–Crippen MR) is 68.6 cm³/mol. The van der Waals surface area contributed by atoms with Crippen LogP contribution in [0, 0.1) is 0 Å². The molecule has 11 nitrogen and oxygen atoms in total. The molecule has 0 bridgehead atoms. The van der Waals surface area contributed by atoms with Crippen molar-refractivity contribution in [3.63, 3.8) is 0 Å². The van der Waals surface area contributed by atoms with Crippen molar-refractivity contribution in [2.24, 2.45) is 0 Å². The lowest BCUT2D eigenvalue weighted by Crippen LogP contribution is -2.59. The highest BCUT2D eigenvalue weighted by molar-refractivity contribution is 4.95. The van der Waals surface area contributed by atoms with Crippen molar-refractivity contribution in [3.05, 3.63) is 0 Å². The van der Waals surface area contributed by atoms with Crippen LogP contribution in [0.25, 0.3) is 0 Å². The summed E-state index contributed by atoms with van der Waals surface area (Å²) in [7, 11) is 0. The highest BCUT2D eigenvalue weighted by Gasteiger charge is 2.53. The van der Waals surface area contributed by atoms with Gasteiger partial charge in [-0.25, -0.2) is 0 Å². The molecule has 11 heteroatoms. The standard InChI is InChI=1S/C12H22O11/c13-1-4-6(15)8(17)9(18)11(22-4)21-2-5-7(16)10(19)12(20,3-14)23-5/h4-11,13-20H,1-3H2/t4?,5-,6-,7+,8+,9?,10+,11+,12-/m1/s1. The Balaban J connectivity index is 1.95. The number of hydrogen-bond acceptors (Lipinski definition) is 11. The van der Waals surface area contributed by atoms with Crippen LogP contribution < -0.4 is 0 Å². The van der Waals surface area contributed by atoms with Crippen LogP contribution in [0.4, 0.5) is 0 Å². The highest BCUT2D eigenvalue weighted by atomic mass is 16.7. The minimum Gasteiger partial charge on any atom is -0.394 e. The number of ether oxygens (including phenoxy) is 3. The fraction of sp³-hybridized carbons (Fsp3) is 1.00. The summed E-state index contributed by atoms with van der Waals surface area (Å²) in [6, 6.07) is 0.